The number of hydrogen-bond acceptors (Lipinski definition) is 6. The molecule has 10 heteroatoms. The topological polar surface area (TPSA) is 101 Å². The Kier molecular flexibility index (Phi) is 7.53. The molecule has 2 atom stereocenters. The van der Waals surface area contributed by atoms with Gasteiger partial charge in [0.15, 0.2) is 11.5 Å². The summed E-state index contributed by atoms with van der Waals surface area (Å²) in [5.41, 5.74) is 1.63. The maximum absolute atomic E-state index is 13.4. The third kappa shape index (κ3) is 5.59. The summed E-state index contributed by atoms with van der Waals surface area (Å²) in [6.45, 7) is 2.14. The third-order valence-corrected chi connectivity index (χ3v) is 8.38. The van der Waals surface area contributed by atoms with Gasteiger partial charge in [-0.15, -0.1) is 0 Å². The van der Waals surface area contributed by atoms with Gasteiger partial charge in [-0.25, -0.2) is 0 Å². The number of rotatable bonds is 3. The highest BCUT2D eigenvalue weighted by atomic mass is 35.5. The van der Waals surface area contributed by atoms with Crippen molar-refractivity contribution in [2.45, 2.75) is 18.8 Å². The second kappa shape index (κ2) is 11.4. The second-order valence-electron chi connectivity index (χ2n) is 10.9. The molecule has 9 nitrogen and oxygen atoms in total. The molecule has 212 valence electrons. The van der Waals surface area contributed by atoms with Gasteiger partial charge >= 0.3 is 0 Å². The molecular weight excluding hydrogens is 544 g/mol. The van der Waals surface area contributed by atoms with Gasteiger partial charge < -0.3 is 24.6 Å². The van der Waals surface area contributed by atoms with Gasteiger partial charge in [0.25, 0.3) is 5.91 Å². The largest absolute Gasteiger partial charge is 0.490 e. The van der Waals surface area contributed by atoms with Crippen LogP contribution in [0.2, 0.25) is 5.02 Å². The fraction of sp³-hybridized carbons (Fsp3) is 0.355. The molecule has 1 aromatic heterocycles. The highest BCUT2D eigenvalue weighted by Crippen LogP contribution is 2.52. The third-order valence-electron chi connectivity index (χ3n) is 8.13. The van der Waals surface area contributed by atoms with Gasteiger partial charge in [0, 0.05) is 54.3 Å². The zero-order chi connectivity index (χ0) is 28.4. The summed E-state index contributed by atoms with van der Waals surface area (Å²) in [4.78, 5) is 47.5. The molecule has 41 heavy (non-hydrogen) atoms. The van der Waals surface area contributed by atoms with E-state index >= 15 is 0 Å². The Morgan fingerprint density at radius 2 is 1.90 bits per heavy atom. The number of fused-ring (bicyclic) bond motifs is 9. The summed E-state index contributed by atoms with van der Waals surface area (Å²) < 4.78 is 12.5. The Hall–Kier alpha value is -4.11. The monoisotopic (exact) mass is 574 g/mol. The Balaban J connectivity index is 1.26. The number of halogens is 1. The summed E-state index contributed by atoms with van der Waals surface area (Å²) in [6.07, 6.45) is 2.32. The number of carbonyl (C=O) groups is 3. The molecule has 1 spiro atoms. The SMILES string of the molecule is O=C1CN(C(=O)Cc2ccc(Cl)cc2)CCCOc2cccc3c2OC[C@@]2(CN1)CN(C(=O)c1ccccn1)C[C@@H]32. The minimum atomic E-state index is -0.548. The number of nitrogens with zero attached hydrogens (tertiary/aromatic N) is 3. The average Bonchev–Trinajstić information content (AvgIpc) is 3.39. The highest BCUT2D eigenvalue weighted by Gasteiger charge is 2.53. The molecule has 0 saturated carbocycles. The van der Waals surface area contributed by atoms with Crippen molar-refractivity contribution < 1.29 is 23.9 Å². The van der Waals surface area contributed by atoms with Crippen LogP contribution >= 0.6 is 11.6 Å². The number of likely N-dealkylation sites (tertiary alicyclic amines) is 1. The predicted molar refractivity (Wildman–Crippen MR) is 152 cm³/mol. The zero-order valence-corrected chi connectivity index (χ0v) is 23.3. The predicted octanol–water partition coefficient (Wildman–Crippen LogP) is 3.32. The molecule has 1 fully saturated rings. The smallest absolute Gasteiger partial charge is 0.272 e. The molecule has 0 unspecified atom stereocenters. The van der Waals surface area contributed by atoms with Crippen LogP contribution in [0, 0.1) is 5.41 Å². The van der Waals surface area contributed by atoms with Crippen LogP contribution in [0.15, 0.2) is 66.9 Å². The van der Waals surface area contributed by atoms with Crippen LogP contribution in [0.5, 0.6) is 11.5 Å². The lowest BCUT2D eigenvalue weighted by Gasteiger charge is -2.40. The minimum absolute atomic E-state index is 0.0683. The van der Waals surface area contributed by atoms with Gasteiger partial charge in [-0.05, 0) is 42.3 Å². The van der Waals surface area contributed by atoms with Crippen molar-refractivity contribution in [3.05, 3.63) is 88.7 Å². The quantitative estimate of drug-likeness (QED) is 0.515. The number of ether oxygens (including phenoxy) is 2. The maximum Gasteiger partial charge on any atom is 0.272 e. The van der Waals surface area contributed by atoms with E-state index in [1.807, 2.05) is 30.3 Å². The van der Waals surface area contributed by atoms with Crippen LogP contribution in [0.3, 0.4) is 0 Å². The summed E-state index contributed by atoms with van der Waals surface area (Å²) in [6, 6.07) is 18.2. The Bertz CT molecular complexity index is 1450. The summed E-state index contributed by atoms with van der Waals surface area (Å²) in [7, 11) is 0. The van der Waals surface area contributed by atoms with Gasteiger partial charge in [0.2, 0.25) is 11.8 Å². The van der Waals surface area contributed by atoms with Gasteiger partial charge in [-0.2, -0.15) is 0 Å². The van der Waals surface area contributed by atoms with Gasteiger partial charge in [0.1, 0.15) is 5.69 Å². The second-order valence-corrected chi connectivity index (χ2v) is 11.3. The van der Waals surface area contributed by atoms with Crippen molar-refractivity contribution in [2.75, 3.05) is 45.9 Å². The van der Waals surface area contributed by atoms with Crippen molar-refractivity contribution >= 4 is 29.3 Å². The molecule has 1 saturated heterocycles. The summed E-state index contributed by atoms with van der Waals surface area (Å²) >= 11 is 5.99. The number of para-hydroxylation sites is 1. The van der Waals surface area contributed by atoms with Crippen LogP contribution in [-0.4, -0.2) is 78.4 Å². The van der Waals surface area contributed by atoms with Crippen LogP contribution in [-0.2, 0) is 16.0 Å². The first kappa shape index (κ1) is 27.1. The molecule has 4 aliphatic heterocycles. The van der Waals surface area contributed by atoms with Gasteiger partial charge in [-0.3, -0.25) is 19.4 Å². The molecule has 7 rings (SSSR count). The zero-order valence-electron chi connectivity index (χ0n) is 22.6. The van der Waals surface area contributed by atoms with Crippen LogP contribution in [0.1, 0.15) is 34.0 Å². The maximum atomic E-state index is 13.4. The lowest BCUT2D eigenvalue weighted by Crippen LogP contribution is -2.50. The van der Waals surface area contributed by atoms with Crippen molar-refractivity contribution in [2.24, 2.45) is 5.41 Å². The lowest BCUT2D eigenvalue weighted by molar-refractivity contribution is -0.135. The molecule has 2 aromatic carbocycles. The minimum Gasteiger partial charge on any atom is -0.490 e. The van der Waals surface area contributed by atoms with Gasteiger partial charge in [-0.1, -0.05) is 41.9 Å². The Morgan fingerprint density at radius 3 is 2.71 bits per heavy atom. The molecule has 0 aliphatic carbocycles. The van der Waals surface area contributed by atoms with E-state index in [1.165, 1.54) is 0 Å². The van der Waals surface area contributed by atoms with Crippen LogP contribution < -0.4 is 14.8 Å². The number of nitrogens with one attached hydrogen (secondary N) is 1. The van der Waals surface area contributed by atoms with E-state index in [1.54, 1.807) is 46.3 Å². The normalized spacial score (nSPS) is 22.2. The Labute approximate surface area is 243 Å². The molecule has 5 heterocycles. The number of aromatic nitrogens is 1. The van der Waals surface area contributed by atoms with Crippen molar-refractivity contribution in [1.82, 2.24) is 20.1 Å². The fourth-order valence-electron chi connectivity index (χ4n) is 5.99. The Morgan fingerprint density at radius 1 is 1.05 bits per heavy atom. The van der Waals surface area contributed by atoms with Crippen LogP contribution in [0.4, 0.5) is 0 Å². The number of pyridine rings is 1. The van der Waals surface area contributed by atoms with Crippen molar-refractivity contribution in [3.63, 3.8) is 0 Å². The van der Waals surface area contributed by atoms with E-state index in [0.717, 1.165) is 11.1 Å². The van der Waals surface area contributed by atoms with Crippen molar-refractivity contribution in [1.29, 1.82) is 0 Å². The van der Waals surface area contributed by atoms with E-state index in [-0.39, 0.29) is 36.6 Å². The molecule has 4 bridgehead atoms. The lowest BCUT2D eigenvalue weighted by atomic mass is 9.73. The van der Waals surface area contributed by atoms with Crippen molar-refractivity contribution in [3.8, 4) is 11.5 Å². The van der Waals surface area contributed by atoms with E-state index in [4.69, 9.17) is 21.1 Å². The highest BCUT2D eigenvalue weighted by molar-refractivity contribution is 6.30. The molecule has 1 N–H and O–H groups in total. The first-order chi connectivity index (χ1) is 19.9. The first-order valence-electron chi connectivity index (χ1n) is 13.8. The number of carbonyl (C=O) groups excluding carboxylic acids is 3. The van der Waals surface area contributed by atoms with Gasteiger partial charge in [0.05, 0.1) is 26.2 Å². The molecule has 3 amide bonds. The fourth-order valence-corrected chi connectivity index (χ4v) is 6.12. The van der Waals surface area contributed by atoms with Crippen LogP contribution in [0.25, 0.3) is 0 Å². The first-order valence-corrected chi connectivity index (χ1v) is 14.2. The van der Waals surface area contributed by atoms with E-state index in [9.17, 15) is 14.4 Å². The number of benzene rings is 2. The summed E-state index contributed by atoms with van der Waals surface area (Å²) in [5, 5.41) is 3.68. The molecular formula is C31H31ClN4O5. The average molecular weight is 575 g/mol. The summed E-state index contributed by atoms with van der Waals surface area (Å²) in [5.74, 6) is 0.692. The van der Waals surface area contributed by atoms with E-state index in [0.29, 0.717) is 68.0 Å². The number of amides is 3. The number of hydrogen-bond donors (Lipinski definition) is 1. The molecule has 3 aromatic rings. The molecule has 0 radical (unpaired) electrons. The molecule has 4 aliphatic rings. The standard InChI is InChI=1S/C31H31ClN4O5/c32-22-10-8-21(9-11-22)15-28(38)35-13-4-14-40-26-7-3-5-23-24-16-36(30(39)25-6-1-2-12-33-25)19-31(24,20-41-29(23)26)18-34-27(37)17-35/h1-3,5-12,24H,4,13-20H2,(H,34,37)/t24-,31+/m0/s1. The van der Waals surface area contributed by atoms with E-state index < -0.39 is 5.41 Å². The van der Waals surface area contributed by atoms with E-state index in [2.05, 4.69) is 10.3 Å².